The van der Waals surface area contributed by atoms with E-state index in [1.165, 1.54) is 23.3 Å². The van der Waals surface area contributed by atoms with Gasteiger partial charge in [-0.2, -0.15) is 0 Å². The van der Waals surface area contributed by atoms with Crippen LogP contribution >= 0.6 is 0 Å². The van der Waals surface area contributed by atoms with Gasteiger partial charge in [0.05, 0.1) is 6.42 Å². The number of hydrogen-bond acceptors (Lipinski definition) is 2. The van der Waals surface area contributed by atoms with Crippen LogP contribution in [0.1, 0.15) is 18.9 Å². The lowest BCUT2D eigenvalue weighted by Gasteiger charge is -2.05. The van der Waals surface area contributed by atoms with Gasteiger partial charge in [-0.1, -0.05) is 42.5 Å². The minimum absolute atomic E-state index is 0.0300. The Labute approximate surface area is 112 Å². The number of Topliss-reactive ketones (excluding diaryl/α,β-unsaturated/α-hetero) is 1. The lowest BCUT2D eigenvalue weighted by atomic mass is 10.1. The van der Waals surface area contributed by atoms with Crippen molar-refractivity contribution in [1.29, 1.82) is 0 Å². The molecule has 2 rings (SSSR count). The van der Waals surface area contributed by atoms with Gasteiger partial charge in [0.15, 0.2) is 0 Å². The Morgan fingerprint density at radius 3 is 2.53 bits per heavy atom. The number of benzene rings is 2. The fourth-order valence-corrected chi connectivity index (χ4v) is 2.03. The molecule has 0 spiro atoms. The lowest BCUT2D eigenvalue weighted by molar-refractivity contribution is -0.127. The smallest absolute Gasteiger partial charge is 0.227 e. The van der Waals surface area contributed by atoms with E-state index in [0.29, 0.717) is 6.54 Å². The Kier molecular flexibility index (Phi) is 4.29. The molecule has 0 radical (unpaired) electrons. The van der Waals surface area contributed by atoms with Crippen molar-refractivity contribution in [3.63, 3.8) is 0 Å². The van der Waals surface area contributed by atoms with Crippen LogP contribution in [0.15, 0.2) is 42.5 Å². The van der Waals surface area contributed by atoms with Crippen LogP contribution in [0.5, 0.6) is 0 Å². The molecule has 3 nitrogen and oxygen atoms in total. The molecule has 0 aliphatic rings. The summed E-state index contributed by atoms with van der Waals surface area (Å²) in [6.07, 6.45) is 0.742. The Hall–Kier alpha value is -2.16. The molecule has 3 heteroatoms. The summed E-state index contributed by atoms with van der Waals surface area (Å²) in [5, 5.41) is 5.17. The molecule has 0 saturated carbocycles. The van der Waals surface area contributed by atoms with Crippen LogP contribution in [0.2, 0.25) is 0 Å². The van der Waals surface area contributed by atoms with Crippen molar-refractivity contribution in [1.82, 2.24) is 5.32 Å². The molecule has 2 aromatic rings. The van der Waals surface area contributed by atoms with Gasteiger partial charge < -0.3 is 5.32 Å². The monoisotopic (exact) mass is 255 g/mol. The van der Waals surface area contributed by atoms with Gasteiger partial charge in [0.25, 0.3) is 0 Å². The summed E-state index contributed by atoms with van der Waals surface area (Å²) in [5.41, 5.74) is 1.18. The minimum Gasteiger partial charge on any atom is -0.355 e. The van der Waals surface area contributed by atoms with Crippen LogP contribution in [0.4, 0.5) is 0 Å². The van der Waals surface area contributed by atoms with Crippen LogP contribution in [0.3, 0.4) is 0 Å². The van der Waals surface area contributed by atoms with Crippen molar-refractivity contribution in [2.75, 3.05) is 6.54 Å². The predicted molar refractivity (Wildman–Crippen MR) is 76.0 cm³/mol. The average Bonchev–Trinajstić information content (AvgIpc) is 2.37. The molecule has 0 unspecified atom stereocenters. The molecule has 1 amide bonds. The van der Waals surface area contributed by atoms with Crippen molar-refractivity contribution in [3.05, 3.63) is 48.0 Å². The first-order valence-electron chi connectivity index (χ1n) is 6.39. The third kappa shape index (κ3) is 3.91. The molecule has 98 valence electrons. The summed E-state index contributed by atoms with van der Waals surface area (Å²) in [6, 6.07) is 14.5. The highest BCUT2D eigenvalue weighted by molar-refractivity contribution is 5.96. The Bertz CT molecular complexity index is 604. The van der Waals surface area contributed by atoms with Crippen molar-refractivity contribution in [2.24, 2.45) is 0 Å². The molecule has 0 saturated heterocycles. The van der Waals surface area contributed by atoms with E-state index in [0.717, 1.165) is 6.42 Å². The van der Waals surface area contributed by atoms with Gasteiger partial charge in [-0.15, -0.1) is 0 Å². The zero-order valence-corrected chi connectivity index (χ0v) is 11.0. The van der Waals surface area contributed by atoms with Crippen molar-refractivity contribution in [3.8, 4) is 0 Å². The summed E-state index contributed by atoms with van der Waals surface area (Å²) in [6.45, 7) is 1.98. The molecule has 0 aliphatic carbocycles. The second-order valence-corrected chi connectivity index (χ2v) is 4.66. The number of carbonyl (C=O) groups is 2. The molecule has 2 aromatic carbocycles. The maximum atomic E-state index is 11.3. The normalized spacial score (nSPS) is 10.4. The quantitative estimate of drug-likeness (QED) is 0.834. The fourth-order valence-electron chi connectivity index (χ4n) is 2.03. The molecule has 0 atom stereocenters. The number of hydrogen-bond donors (Lipinski definition) is 1. The van der Waals surface area contributed by atoms with Gasteiger partial charge in [0, 0.05) is 6.54 Å². The second kappa shape index (κ2) is 6.14. The van der Waals surface area contributed by atoms with Crippen LogP contribution in [-0.2, 0) is 16.0 Å². The maximum Gasteiger partial charge on any atom is 0.227 e. The molecule has 0 aromatic heterocycles. The van der Waals surface area contributed by atoms with E-state index in [2.05, 4.69) is 35.6 Å². The number of carbonyl (C=O) groups excluding carboxylic acids is 2. The molecular formula is C16H17NO2. The van der Waals surface area contributed by atoms with Gasteiger partial charge in [0.2, 0.25) is 5.91 Å². The van der Waals surface area contributed by atoms with E-state index in [4.69, 9.17) is 0 Å². The van der Waals surface area contributed by atoms with E-state index in [-0.39, 0.29) is 18.1 Å². The van der Waals surface area contributed by atoms with Crippen LogP contribution in [-0.4, -0.2) is 18.2 Å². The third-order valence-corrected chi connectivity index (χ3v) is 2.96. The van der Waals surface area contributed by atoms with Gasteiger partial charge >= 0.3 is 0 Å². The standard InChI is InChI=1S/C16H17NO2/c1-12(18)10-16(19)17-9-8-13-6-7-14-4-2-3-5-15(14)11-13/h2-7,11H,8-10H2,1H3,(H,17,19). The molecule has 0 bridgehead atoms. The van der Waals surface area contributed by atoms with Crippen molar-refractivity contribution in [2.45, 2.75) is 19.8 Å². The number of fused-ring (bicyclic) bond motifs is 1. The van der Waals surface area contributed by atoms with E-state index in [1.54, 1.807) is 0 Å². The highest BCUT2D eigenvalue weighted by Crippen LogP contribution is 2.15. The lowest BCUT2D eigenvalue weighted by Crippen LogP contribution is -2.27. The maximum absolute atomic E-state index is 11.3. The van der Waals surface area contributed by atoms with Crippen LogP contribution in [0, 0.1) is 0 Å². The Morgan fingerprint density at radius 1 is 1.05 bits per heavy atom. The van der Waals surface area contributed by atoms with Crippen molar-refractivity contribution >= 4 is 22.5 Å². The number of ketones is 1. The highest BCUT2D eigenvalue weighted by atomic mass is 16.2. The molecule has 0 aliphatic heterocycles. The van der Waals surface area contributed by atoms with Gasteiger partial charge in [-0.25, -0.2) is 0 Å². The number of rotatable bonds is 5. The SMILES string of the molecule is CC(=O)CC(=O)NCCc1ccc2ccccc2c1. The van der Waals surface area contributed by atoms with Gasteiger partial charge in [0.1, 0.15) is 5.78 Å². The molecule has 0 fully saturated rings. The fraction of sp³-hybridized carbons (Fsp3) is 0.250. The largest absolute Gasteiger partial charge is 0.355 e. The number of nitrogens with one attached hydrogen (secondary N) is 1. The zero-order chi connectivity index (χ0) is 13.7. The molecule has 0 heterocycles. The first-order valence-corrected chi connectivity index (χ1v) is 6.39. The van der Waals surface area contributed by atoms with Crippen LogP contribution in [0.25, 0.3) is 10.8 Å². The summed E-state index contributed by atoms with van der Waals surface area (Å²) >= 11 is 0. The second-order valence-electron chi connectivity index (χ2n) is 4.66. The van der Waals surface area contributed by atoms with E-state index >= 15 is 0 Å². The summed E-state index contributed by atoms with van der Waals surface area (Å²) < 4.78 is 0. The highest BCUT2D eigenvalue weighted by Gasteiger charge is 2.04. The van der Waals surface area contributed by atoms with E-state index in [1.807, 2.05) is 12.1 Å². The Balaban J connectivity index is 1.91. The summed E-state index contributed by atoms with van der Waals surface area (Å²) in [7, 11) is 0. The topological polar surface area (TPSA) is 46.2 Å². The van der Waals surface area contributed by atoms with Crippen molar-refractivity contribution < 1.29 is 9.59 Å². The minimum atomic E-state index is -0.201. The average molecular weight is 255 g/mol. The first kappa shape index (κ1) is 13.3. The summed E-state index contributed by atoms with van der Waals surface area (Å²) in [5.74, 6) is -0.309. The van der Waals surface area contributed by atoms with Gasteiger partial charge in [-0.05, 0) is 29.7 Å². The first-order chi connectivity index (χ1) is 9.15. The molecule has 1 N–H and O–H groups in total. The van der Waals surface area contributed by atoms with Crippen LogP contribution < -0.4 is 5.32 Å². The predicted octanol–water partition coefficient (Wildman–Crippen LogP) is 2.48. The Morgan fingerprint density at radius 2 is 1.79 bits per heavy atom. The summed E-state index contributed by atoms with van der Waals surface area (Å²) in [4.78, 5) is 22.1. The zero-order valence-electron chi connectivity index (χ0n) is 11.0. The van der Waals surface area contributed by atoms with E-state index < -0.39 is 0 Å². The van der Waals surface area contributed by atoms with Gasteiger partial charge in [-0.3, -0.25) is 9.59 Å². The molecular weight excluding hydrogens is 238 g/mol. The van der Waals surface area contributed by atoms with E-state index in [9.17, 15) is 9.59 Å². The molecule has 19 heavy (non-hydrogen) atoms. The third-order valence-electron chi connectivity index (χ3n) is 2.96. The number of amides is 1.